The average molecular weight is 361 g/mol. The molecule has 0 aliphatic carbocycles. The van der Waals surface area contributed by atoms with Crippen molar-refractivity contribution in [3.8, 4) is 11.1 Å². The Kier molecular flexibility index (Phi) is 3.77. The molecular formula is C28H24. The Morgan fingerprint density at radius 2 is 1.04 bits per heavy atom. The summed E-state index contributed by atoms with van der Waals surface area (Å²) in [7, 11) is 0. The molecule has 28 heavy (non-hydrogen) atoms. The van der Waals surface area contributed by atoms with Crippen LogP contribution in [0.3, 0.4) is 0 Å². The van der Waals surface area contributed by atoms with E-state index in [4.69, 9.17) is 0 Å². The molecule has 136 valence electrons. The smallest absolute Gasteiger partial charge is 0.00201 e. The first kappa shape index (κ1) is 17.0. The van der Waals surface area contributed by atoms with Crippen LogP contribution in [0.1, 0.15) is 22.3 Å². The fraction of sp³-hybridized carbons (Fsp3) is 0.143. The maximum absolute atomic E-state index is 2.36. The molecule has 0 bridgehead atoms. The Hall–Kier alpha value is -3.12. The lowest BCUT2D eigenvalue weighted by Crippen LogP contribution is -1.91. The summed E-state index contributed by atoms with van der Waals surface area (Å²) in [6.45, 7) is 8.78. The minimum atomic E-state index is 1.30. The Labute approximate surface area is 166 Å². The zero-order valence-corrected chi connectivity index (χ0v) is 16.9. The van der Waals surface area contributed by atoms with Crippen LogP contribution >= 0.6 is 0 Å². The normalized spacial score (nSPS) is 11.6. The van der Waals surface area contributed by atoms with Gasteiger partial charge in [-0.05, 0) is 82.3 Å². The summed E-state index contributed by atoms with van der Waals surface area (Å²) in [6, 6.07) is 27.2. The summed E-state index contributed by atoms with van der Waals surface area (Å²) in [5.74, 6) is 0. The van der Waals surface area contributed by atoms with E-state index in [2.05, 4.69) is 100 Å². The highest BCUT2D eigenvalue weighted by Gasteiger charge is 2.15. The molecule has 0 fully saturated rings. The number of aryl methyl sites for hydroxylation is 4. The lowest BCUT2D eigenvalue weighted by molar-refractivity contribution is 1.45. The van der Waals surface area contributed by atoms with E-state index in [9.17, 15) is 0 Å². The van der Waals surface area contributed by atoms with E-state index in [0.717, 1.165) is 0 Å². The van der Waals surface area contributed by atoms with Crippen molar-refractivity contribution in [2.45, 2.75) is 27.7 Å². The van der Waals surface area contributed by atoms with Crippen LogP contribution in [0, 0.1) is 27.7 Å². The minimum Gasteiger partial charge on any atom is -0.0620 e. The molecule has 0 nitrogen and oxygen atoms in total. The molecule has 0 spiro atoms. The molecule has 0 aromatic heterocycles. The number of rotatable bonds is 1. The highest BCUT2D eigenvalue weighted by molar-refractivity contribution is 6.28. The highest BCUT2D eigenvalue weighted by atomic mass is 14.2. The summed E-state index contributed by atoms with van der Waals surface area (Å²) in [5, 5.41) is 8.11. The maximum Gasteiger partial charge on any atom is -0.00201 e. The number of fused-ring (bicyclic) bond motifs is 6. The van der Waals surface area contributed by atoms with Crippen LogP contribution < -0.4 is 0 Å². The zero-order chi connectivity index (χ0) is 19.4. The molecule has 0 heterocycles. The number of benzene rings is 5. The number of hydrogen-bond acceptors (Lipinski definition) is 0. The maximum atomic E-state index is 2.36. The van der Waals surface area contributed by atoms with Crippen LogP contribution in [0.2, 0.25) is 0 Å². The zero-order valence-electron chi connectivity index (χ0n) is 16.9. The van der Waals surface area contributed by atoms with Crippen LogP contribution in [-0.4, -0.2) is 0 Å². The molecule has 0 N–H and O–H groups in total. The van der Waals surface area contributed by atoms with Gasteiger partial charge in [0.15, 0.2) is 0 Å². The first-order valence-electron chi connectivity index (χ1n) is 9.96. The molecule has 0 saturated carbocycles. The second kappa shape index (κ2) is 6.21. The molecule has 5 aromatic rings. The first-order chi connectivity index (χ1) is 13.5. The molecule has 0 amide bonds. The fourth-order valence-corrected chi connectivity index (χ4v) is 4.59. The standard InChI is InChI=1S/C28H24/c1-17-9-11-22-24(13-17)25-14-18(2)10-12-23(25)28-26(15-19(3)16-27(22)28)21-8-6-5-7-20(21)4/h5-16H,1-4H3. The van der Waals surface area contributed by atoms with Crippen molar-refractivity contribution in [2.24, 2.45) is 0 Å². The highest BCUT2D eigenvalue weighted by Crippen LogP contribution is 2.42. The molecule has 0 unspecified atom stereocenters. The van der Waals surface area contributed by atoms with Gasteiger partial charge in [-0.2, -0.15) is 0 Å². The molecule has 0 atom stereocenters. The van der Waals surface area contributed by atoms with Crippen LogP contribution in [-0.2, 0) is 0 Å². The van der Waals surface area contributed by atoms with Crippen molar-refractivity contribution < 1.29 is 0 Å². The van der Waals surface area contributed by atoms with Gasteiger partial charge in [0.2, 0.25) is 0 Å². The Morgan fingerprint density at radius 1 is 0.429 bits per heavy atom. The summed E-state index contributed by atoms with van der Waals surface area (Å²) < 4.78 is 0. The van der Waals surface area contributed by atoms with Crippen molar-refractivity contribution in [3.05, 3.63) is 95.1 Å². The third kappa shape index (κ3) is 2.52. The van der Waals surface area contributed by atoms with Crippen molar-refractivity contribution in [1.82, 2.24) is 0 Å². The van der Waals surface area contributed by atoms with E-state index < -0.39 is 0 Å². The van der Waals surface area contributed by atoms with E-state index in [0.29, 0.717) is 0 Å². The SMILES string of the molecule is Cc1ccc2c(c1)c1cc(C)ccc1c1c(-c3ccccc3C)cc(C)cc21. The summed E-state index contributed by atoms with van der Waals surface area (Å²) in [6.07, 6.45) is 0. The Bertz CT molecular complexity index is 1390. The monoisotopic (exact) mass is 360 g/mol. The Balaban J connectivity index is 2.10. The summed E-state index contributed by atoms with van der Waals surface area (Å²) >= 11 is 0. The molecule has 0 heteroatoms. The van der Waals surface area contributed by atoms with Gasteiger partial charge in [0.1, 0.15) is 0 Å². The second-order valence-corrected chi connectivity index (χ2v) is 8.15. The van der Waals surface area contributed by atoms with E-state index in [-0.39, 0.29) is 0 Å². The molecule has 5 rings (SSSR count). The van der Waals surface area contributed by atoms with Crippen LogP contribution in [0.4, 0.5) is 0 Å². The third-order valence-electron chi connectivity index (χ3n) is 5.92. The van der Waals surface area contributed by atoms with E-state index in [1.807, 2.05) is 0 Å². The van der Waals surface area contributed by atoms with Gasteiger partial charge >= 0.3 is 0 Å². The molecule has 0 saturated heterocycles. The summed E-state index contributed by atoms with van der Waals surface area (Å²) in [4.78, 5) is 0. The lowest BCUT2D eigenvalue weighted by Gasteiger charge is -2.17. The van der Waals surface area contributed by atoms with Gasteiger partial charge in [0.05, 0.1) is 0 Å². The van der Waals surface area contributed by atoms with Gasteiger partial charge < -0.3 is 0 Å². The van der Waals surface area contributed by atoms with Gasteiger partial charge in [-0.15, -0.1) is 0 Å². The predicted octanol–water partition coefficient (Wildman–Crippen LogP) is 8.05. The van der Waals surface area contributed by atoms with E-state index in [1.165, 1.54) is 65.7 Å². The molecular weight excluding hydrogens is 336 g/mol. The van der Waals surface area contributed by atoms with Crippen molar-refractivity contribution in [3.63, 3.8) is 0 Å². The lowest BCUT2D eigenvalue weighted by atomic mass is 9.86. The van der Waals surface area contributed by atoms with E-state index >= 15 is 0 Å². The fourth-order valence-electron chi connectivity index (χ4n) is 4.59. The average Bonchev–Trinajstić information content (AvgIpc) is 2.68. The summed E-state index contributed by atoms with van der Waals surface area (Å²) in [5.41, 5.74) is 7.90. The van der Waals surface area contributed by atoms with Crippen molar-refractivity contribution in [1.29, 1.82) is 0 Å². The van der Waals surface area contributed by atoms with Gasteiger partial charge in [-0.3, -0.25) is 0 Å². The predicted molar refractivity (Wildman–Crippen MR) is 123 cm³/mol. The third-order valence-corrected chi connectivity index (χ3v) is 5.92. The minimum absolute atomic E-state index is 1.30. The largest absolute Gasteiger partial charge is 0.0620 e. The van der Waals surface area contributed by atoms with Gasteiger partial charge in [-0.1, -0.05) is 83.9 Å². The molecule has 0 aliphatic rings. The van der Waals surface area contributed by atoms with Gasteiger partial charge in [0, 0.05) is 0 Å². The quantitative estimate of drug-likeness (QED) is 0.265. The topological polar surface area (TPSA) is 0 Å². The van der Waals surface area contributed by atoms with Crippen LogP contribution in [0.25, 0.3) is 43.4 Å². The van der Waals surface area contributed by atoms with Gasteiger partial charge in [0.25, 0.3) is 0 Å². The first-order valence-corrected chi connectivity index (χ1v) is 9.96. The van der Waals surface area contributed by atoms with Crippen molar-refractivity contribution in [2.75, 3.05) is 0 Å². The molecule has 0 aliphatic heterocycles. The van der Waals surface area contributed by atoms with E-state index in [1.54, 1.807) is 0 Å². The van der Waals surface area contributed by atoms with Crippen molar-refractivity contribution >= 4 is 32.3 Å². The molecule has 5 aromatic carbocycles. The second-order valence-electron chi connectivity index (χ2n) is 8.15. The Morgan fingerprint density at radius 3 is 1.75 bits per heavy atom. The molecule has 0 radical (unpaired) electrons. The number of hydrogen-bond donors (Lipinski definition) is 0. The van der Waals surface area contributed by atoms with Crippen LogP contribution in [0.5, 0.6) is 0 Å². The van der Waals surface area contributed by atoms with Gasteiger partial charge in [-0.25, -0.2) is 0 Å². The van der Waals surface area contributed by atoms with Crippen LogP contribution in [0.15, 0.2) is 72.8 Å².